The molecule has 0 unspecified atom stereocenters. The molecule has 0 atom stereocenters. The monoisotopic (exact) mass is 333 g/mol. The molecule has 9 nitrogen and oxygen atoms in total. The minimum absolute atomic E-state index is 0.0663. The zero-order valence-electron chi connectivity index (χ0n) is 13.1. The van der Waals surface area contributed by atoms with Crippen molar-refractivity contribution in [2.24, 2.45) is 0 Å². The lowest BCUT2D eigenvalue weighted by Crippen LogP contribution is -2.15. The molecule has 1 aromatic carbocycles. The zero-order chi connectivity index (χ0) is 17.3. The van der Waals surface area contributed by atoms with Gasteiger partial charge in [0.1, 0.15) is 24.5 Å². The second-order valence-electron chi connectivity index (χ2n) is 5.28. The Kier molecular flexibility index (Phi) is 4.07. The molecule has 1 aromatic heterocycles. The summed E-state index contributed by atoms with van der Waals surface area (Å²) in [7, 11) is 0. The number of fused-ring (bicyclic) bond motifs is 1. The van der Waals surface area contributed by atoms with Gasteiger partial charge in [0.05, 0.1) is 4.92 Å². The molecule has 2 aromatic rings. The third-order valence-electron chi connectivity index (χ3n) is 3.64. The Morgan fingerprint density at radius 1 is 1.38 bits per heavy atom. The van der Waals surface area contributed by atoms with Crippen LogP contribution < -0.4 is 9.47 Å². The van der Waals surface area contributed by atoms with Gasteiger partial charge in [0.2, 0.25) is 6.79 Å². The normalized spacial score (nSPS) is 12.2. The van der Waals surface area contributed by atoms with Crippen molar-refractivity contribution >= 4 is 11.7 Å². The van der Waals surface area contributed by atoms with Crippen LogP contribution in [0.3, 0.4) is 0 Å². The fourth-order valence-electron chi connectivity index (χ4n) is 2.47. The minimum atomic E-state index is -0.534. The first-order valence-corrected chi connectivity index (χ1v) is 7.18. The Bertz CT molecular complexity index is 814. The van der Waals surface area contributed by atoms with Crippen molar-refractivity contribution in [1.29, 1.82) is 0 Å². The van der Waals surface area contributed by atoms with E-state index in [2.05, 4.69) is 5.10 Å². The maximum absolute atomic E-state index is 12.0. The third-order valence-corrected chi connectivity index (χ3v) is 3.64. The highest BCUT2D eigenvalue weighted by Crippen LogP contribution is 2.32. The number of carbonyl (C=O) groups is 1. The quantitative estimate of drug-likeness (QED) is 0.467. The molecule has 0 fully saturated rings. The number of hydrogen-bond donors (Lipinski definition) is 0. The average Bonchev–Trinajstić information content (AvgIpc) is 3.09. The molecule has 0 amide bonds. The Labute approximate surface area is 136 Å². The number of nitro groups is 1. The van der Waals surface area contributed by atoms with Gasteiger partial charge in [-0.3, -0.25) is 19.6 Å². The van der Waals surface area contributed by atoms with E-state index in [1.165, 1.54) is 11.6 Å². The van der Waals surface area contributed by atoms with Gasteiger partial charge in [-0.25, -0.2) is 0 Å². The second kappa shape index (κ2) is 6.19. The predicted octanol–water partition coefficient (Wildman–Crippen LogP) is 1.88. The molecular weight excluding hydrogens is 318 g/mol. The SMILES string of the molecule is Cc1nn(CC(=O)OCc2ccc3c(c2)OCO3)c(C)c1[N+](=O)[O-]. The number of aromatic nitrogens is 2. The van der Waals surface area contributed by atoms with Crippen molar-refractivity contribution in [3.05, 3.63) is 45.3 Å². The lowest BCUT2D eigenvalue weighted by Gasteiger charge is -2.07. The summed E-state index contributed by atoms with van der Waals surface area (Å²) in [4.78, 5) is 22.4. The number of nitrogens with zero attached hydrogens (tertiary/aromatic N) is 3. The molecule has 9 heteroatoms. The van der Waals surface area contributed by atoms with E-state index in [9.17, 15) is 14.9 Å². The van der Waals surface area contributed by atoms with Crippen LogP contribution in [0.1, 0.15) is 17.0 Å². The maximum atomic E-state index is 12.0. The van der Waals surface area contributed by atoms with Gasteiger partial charge in [0.15, 0.2) is 11.5 Å². The molecule has 1 aliphatic rings. The average molecular weight is 333 g/mol. The molecule has 0 bridgehead atoms. The highest BCUT2D eigenvalue weighted by molar-refractivity contribution is 5.69. The summed E-state index contributed by atoms with van der Waals surface area (Å²) in [6.45, 7) is 3.13. The van der Waals surface area contributed by atoms with Crippen molar-refractivity contribution in [3.63, 3.8) is 0 Å². The van der Waals surface area contributed by atoms with Crippen LogP contribution in [-0.4, -0.2) is 27.5 Å². The lowest BCUT2D eigenvalue weighted by atomic mass is 10.2. The number of esters is 1. The standard InChI is InChI=1S/C15H15N3O6/c1-9-15(18(20)21)10(2)17(16-9)6-14(19)22-7-11-3-4-12-13(5-11)24-8-23-12/h3-5H,6-8H2,1-2H3. The van der Waals surface area contributed by atoms with Crippen molar-refractivity contribution in [1.82, 2.24) is 9.78 Å². The third kappa shape index (κ3) is 3.00. The molecule has 0 saturated heterocycles. The fraction of sp³-hybridized carbons (Fsp3) is 0.333. The highest BCUT2D eigenvalue weighted by atomic mass is 16.7. The van der Waals surface area contributed by atoms with Crippen LogP contribution in [0, 0.1) is 24.0 Å². The fourth-order valence-corrected chi connectivity index (χ4v) is 2.47. The van der Waals surface area contributed by atoms with Gasteiger partial charge in [-0.1, -0.05) is 6.07 Å². The van der Waals surface area contributed by atoms with Gasteiger partial charge in [0.25, 0.3) is 0 Å². The smallest absolute Gasteiger partial charge is 0.328 e. The first-order chi connectivity index (χ1) is 11.5. The van der Waals surface area contributed by atoms with E-state index in [0.717, 1.165) is 5.56 Å². The summed E-state index contributed by atoms with van der Waals surface area (Å²) < 4.78 is 16.9. The largest absolute Gasteiger partial charge is 0.459 e. The van der Waals surface area contributed by atoms with Gasteiger partial charge in [-0.2, -0.15) is 5.10 Å². The molecule has 1 aliphatic heterocycles. The van der Waals surface area contributed by atoms with E-state index in [1.54, 1.807) is 25.1 Å². The Hall–Kier alpha value is -3.10. The molecule has 0 radical (unpaired) electrons. The summed E-state index contributed by atoms with van der Waals surface area (Å²) in [6.07, 6.45) is 0. The molecule has 2 heterocycles. The van der Waals surface area contributed by atoms with E-state index >= 15 is 0 Å². The van der Waals surface area contributed by atoms with Crippen LogP contribution in [-0.2, 0) is 22.7 Å². The van der Waals surface area contributed by atoms with Crippen LogP contribution in [0.15, 0.2) is 18.2 Å². The number of ether oxygens (including phenoxy) is 3. The van der Waals surface area contributed by atoms with E-state index in [-0.39, 0.29) is 31.3 Å². The molecule has 0 spiro atoms. The molecular formula is C15H15N3O6. The van der Waals surface area contributed by atoms with Crippen molar-refractivity contribution in [2.75, 3.05) is 6.79 Å². The Balaban J connectivity index is 1.62. The summed E-state index contributed by atoms with van der Waals surface area (Å²) in [5, 5.41) is 15.0. The van der Waals surface area contributed by atoms with E-state index in [4.69, 9.17) is 14.2 Å². The Morgan fingerprint density at radius 3 is 2.83 bits per heavy atom. The van der Waals surface area contributed by atoms with Crippen LogP contribution in [0.4, 0.5) is 5.69 Å². The van der Waals surface area contributed by atoms with Crippen molar-refractivity contribution in [3.8, 4) is 11.5 Å². The van der Waals surface area contributed by atoms with Crippen LogP contribution >= 0.6 is 0 Å². The van der Waals surface area contributed by atoms with E-state index in [1.807, 2.05) is 0 Å². The van der Waals surface area contributed by atoms with Gasteiger partial charge in [-0.05, 0) is 31.5 Å². The van der Waals surface area contributed by atoms with E-state index in [0.29, 0.717) is 17.2 Å². The number of benzene rings is 1. The van der Waals surface area contributed by atoms with Crippen LogP contribution in [0.25, 0.3) is 0 Å². The number of aryl methyl sites for hydroxylation is 1. The van der Waals surface area contributed by atoms with Crippen LogP contribution in [0.5, 0.6) is 11.5 Å². The van der Waals surface area contributed by atoms with Crippen LogP contribution in [0.2, 0.25) is 0 Å². The number of carbonyl (C=O) groups excluding carboxylic acids is 1. The van der Waals surface area contributed by atoms with Crippen molar-refractivity contribution in [2.45, 2.75) is 27.0 Å². The number of rotatable bonds is 5. The predicted molar refractivity (Wildman–Crippen MR) is 80.7 cm³/mol. The van der Waals surface area contributed by atoms with Gasteiger partial charge >= 0.3 is 11.7 Å². The molecule has 0 N–H and O–H groups in total. The molecule has 0 aliphatic carbocycles. The second-order valence-corrected chi connectivity index (χ2v) is 5.28. The molecule has 0 saturated carbocycles. The lowest BCUT2D eigenvalue weighted by molar-refractivity contribution is -0.386. The number of hydrogen-bond acceptors (Lipinski definition) is 7. The van der Waals surface area contributed by atoms with Crippen molar-refractivity contribution < 1.29 is 23.9 Å². The van der Waals surface area contributed by atoms with Gasteiger partial charge < -0.3 is 14.2 Å². The first-order valence-electron chi connectivity index (χ1n) is 7.18. The summed E-state index contributed by atoms with van der Waals surface area (Å²) >= 11 is 0. The van der Waals surface area contributed by atoms with Gasteiger partial charge in [-0.15, -0.1) is 0 Å². The maximum Gasteiger partial charge on any atom is 0.328 e. The molecule has 24 heavy (non-hydrogen) atoms. The molecule has 126 valence electrons. The summed E-state index contributed by atoms with van der Waals surface area (Å²) in [5.41, 5.74) is 1.25. The zero-order valence-corrected chi connectivity index (χ0v) is 13.1. The topological polar surface area (TPSA) is 106 Å². The first kappa shape index (κ1) is 15.8. The summed E-state index contributed by atoms with van der Waals surface area (Å²) in [5.74, 6) is 0.728. The van der Waals surface area contributed by atoms with E-state index < -0.39 is 10.9 Å². The molecule has 3 rings (SSSR count). The minimum Gasteiger partial charge on any atom is -0.459 e. The van der Waals surface area contributed by atoms with Gasteiger partial charge in [0, 0.05) is 0 Å². The Morgan fingerprint density at radius 2 is 2.12 bits per heavy atom. The summed E-state index contributed by atoms with van der Waals surface area (Å²) in [6, 6.07) is 5.26. The highest BCUT2D eigenvalue weighted by Gasteiger charge is 2.23.